The first kappa shape index (κ1) is 11.7. The minimum absolute atomic E-state index is 0.198. The molecule has 1 heterocycles. The van der Waals surface area contributed by atoms with Crippen LogP contribution in [0.3, 0.4) is 0 Å². The van der Waals surface area contributed by atoms with Gasteiger partial charge in [0.05, 0.1) is 0 Å². The van der Waals surface area contributed by atoms with Crippen LogP contribution in [0.4, 0.5) is 24.0 Å². The third-order valence-corrected chi connectivity index (χ3v) is 1.94. The fourth-order valence-electron chi connectivity index (χ4n) is 1.05. The number of amides is 1. The average Bonchev–Trinajstić information content (AvgIpc) is 2.97. The van der Waals surface area contributed by atoms with Crippen molar-refractivity contribution in [1.29, 1.82) is 0 Å². The molecule has 9 heteroatoms. The molecule has 0 aliphatic heterocycles. The van der Waals surface area contributed by atoms with Crippen LogP contribution in [0, 0.1) is 0 Å². The Bertz CT molecular complexity index is 414. The lowest BCUT2D eigenvalue weighted by atomic mass is 10.4. The van der Waals surface area contributed by atoms with Crippen LogP contribution in [0.1, 0.15) is 24.7 Å². The molecule has 0 spiro atoms. The fraction of sp³-hybridized carbons (Fsp3) is 0.625. The summed E-state index contributed by atoms with van der Waals surface area (Å²) in [6.07, 6.45) is -3.99. The van der Waals surface area contributed by atoms with Gasteiger partial charge < -0.3 is 9.15 Å². The zero-order valence-electron chi connectivity index (χ0n) is 8.45. The molecular weight excluding hydrogens is 243 g/mol. The lowest BCUT2D eigenvalue weighted by Gasteiger charge is -2.06. The summed E-state index contributed by atoms with van der Waals surface area (Å²) in [6, 6.07) is -0.265. The summed E-state index contributed by atoms with van der Waals surface area (Å²) in [4.78, 5) is 10.9. The van der Waals surface area contributed by atoms with Gasteiger partial charge in [0, 0.05) is 5.92 Å². The summed E-state index contributed by atoms with van der Waals surface area (Å²) in [6.45, 7) is -1.66. The summed E-state index contributed by atoms with van der Waals surface area (Å²) in [5, 5.41) is 9.00. The van der Waals surface area contributed by atoms with Crippen LogP contribution in [-0.2, 0) is 4.74 Å². The molecule has 17 heavy (non-hydrogen) atoms. The van der Waals surface area contributed by atoms with Gasteiger partial charge in [-0.3, -0.25) is 0 Å². The van der Waals surface area contributed by atoms with E-state index in [1.54, 1.807) is 0 Å². The smallest absolute Gasteiger partial charge is 0.422 e. The molecule has 1 aliphatic carbocycles. The number of rotatable bonds is 3. The van der Waals surface area contributed by atoms with Crippen LogP contribution < -0.4 is 5.32 Å². The van der Waals surface area contributed by atoms with E-state index >= 15 is 0 Å². The molecule has 1 aliphatic rings. The number of halogens is 3. The van der Waals surface area contributed by atoms with E-state index in [4.69, 9.17) is 4.42 Å². The maximum Gasteiger partial charge on any atom is 0.422 e. The van der Waals surface area contributed by atoms with Crippen molar-refractivity contribution in [3.05, 3.63) is 5.89 Å². The Kier molecular flexibility index (Phi) is 2.90. The first-order valence-electron chi connectivity index (χ1n) is 4.78. The number of nitrogens with one attached hydrogen (secondary N) is 1. The molecule has 0 saturated heterocycles. The van der Waals surface area contributed by atoms with Crippen LogP contribution in [0.5, 0.6) is 0 Å². The highest BCUT2D eigenvalue weighted by molar-refractivity contribution is 5.81. The second kappa shape index (κ2) is 4.22. The van der Waals surface area contributed by atoms with Gasteiger partial charge in [0.25, 0.3) is 0 Å². The second-order valence-electron chi connectivity index (χ2n) is 3.54. The van der Waals surface area contributed by atoms with Gasteiger partial charge in [-0.05, 0) is 12.8 Å². The third kappa shape index (κ3) is 3.61. The third-order valence-electron chi connectivity index (χ3n) is 1.94. The van der Waals surface area contributed by atoms with Gasteiger partial charge in [-0.15, -0.1) is 5.10 Å². The lowest BCUT2D eigenvalue weighted by Crippen LogP contribution is -2.23. The molecular formula is C8H8F3N3O3. The van der Waals surface area contributed by atoms with E-state index in [0.29, 0.717) is 5.89 Å². The predicted octanol–water partition coefficient (Wildman–Crippen LogP) is 2.06. The van der Waals surface area contributed by atoms with Gasteiger partial charge in [0.15, 0.2) is 6.61 Å². The number of carbonyl (C=O) groups excluding carboxylic acids is 1. The topological polar surface area (TPSA) is 77.3 Å². The van der Waals surface area contributed by atoms with Crippen molar-refractivity contribution in [2.45, 2.75) is 24.9 Å². The molecule has 0 unspecified atom stereocenters. The zero-order chi connectivity index (χ0) is 12.5. The Morgan fingerprint density at radius 3 is 2.76 bits per heavy atom. The van der Waals surface area contributed by atoms with Gasteiger partial charge in [-0.2, -0.15) is 13.2 Å². The van der Waals surface area contributed by atoms with E-state index in [-0.39, 0.29) is 11.9 Å². The molecule has 1 aromatic heterocycles. The summed E-state index contributed by atoms with van der Waals surface area (Å²) in [5.74, 6) is 0.570. The summed E-state index contributed by atoms with van der Waals surface area (Å²) in [7, 11) is 0. The van der Waals surface area contributed by atoms with E-state index in [1.165, 1.54) is 0 Å². The predicted molar refractivity (Wildman–Crippen MR) is 47.3 cm³/mol. The fourth-order valence-corrected chi connectivity index (χ4v) is 1.05. The van der Waals surface area contributed by atoms with Crippen LogP contribution in [-0.4, -0.2) is 29.1 Å². The van der Waals surface area contributed by atoms with Gasteiger partial charge >= 0.3 is 18.3 Å². The van der Waals surface area contributed by atoms with Crippen molar-refractivity contribution < 1.29 is 27.1 Å². The molecule has 6 nitrogen and oxygen atoms in total. The molecule has 0 aromatic carbocycles. The highest BCUT2D eigenvalue weighted by Gasteiger charge is 2.31. The van der Waals surface area contributed by atoms with Crippen LogP contribution >= 0.6 is 0 Å². The monoisotopic (exact) mass is 251 g/mol. The maximum absolute atomic E-state index is 11.7. The van der Waals surface area contributed by atoms with Crippen LogP contribution in [0.15, 0.2) is 4.42 Å². The summed E-state index contributed by atoms with van der Waals surface area (Å²) >= 11 is 0. The number of alkyl halides is 3. The molecule has 0 bridgehead atoms. The van der Waals surface area contributed by atoms with E-state index in [2.05, 4.69) is 14.9 Å². The van der Waals surface area contributed by atoms with E-state index in [1.807, 2.05) is 5.32 Å². The Morgan fingerprint density at radius 2 is 2.18 bits per heavy atom. The minimum atomic E-state index is -4.56. The molecule has 0 radical (unpaired) electrons. The van der Waals surface area contributed by atoms with Crippen molar-refractivity contribution in [1.82, 2.24) is 10.2 Å². The molecule has 94 valence electrons. The number of ether oxygens (including phenoxy) is 1. The van der Waals surface area contributed by atoms with E-state index < -0.39 is 18.9 Å². The molecule has 1 amide bonds. The molecule has 2 rings (SSSR count). The first-order valence-corrected chi connectivity index (χ1v) is 4.78. The minimum Gasteiger partial charge on any atom is -0.440 e. The van der Waals surface area contributed by atoms with Gasteiger partial charge in [0.2, 0.25) is 5.89 Å². The second-order valence-corrected chi connectivity index (χ2v) is 3.54. The molecule has 1 fully saturated rings. The summed E-state index contributed by atoms with van der Waals surface area (Å²) < 4.78 is 44.0. The number of hydrogen-bond acceptors (Lipinski definition) is 5. The van der Waals surface area contributed by atoms with Gasteiger partial charge in [-0.1, -0.05) is 5.10 Å². The first-order chi connectivity index (χ1) is 7.94. The number of carbonyl (C=O) groups is 1. The zero-order valence-corrected chi connectivity index (χ0v) is 8.45. The largest absolute Gasteiger partial charge is 0.440 e. The Hall–Kier alpha value is -1.80. The van der Waals surface area contributed by atoms with Gasteiger partial charge in [0.1, 0.15) is 0 Å². The average molecular weight is 251 g/mol. The van der Waals surface area contributed by atoms with Gasteiger partial charge in [-0.25, -0.2) is 10.1 Å². The van der Waals surface area contributed by atoms with Crippen molar-refractivity contribution >= 4 is 12.1 Å². The van der Waals surface area contributed by atoms with E-state index in [0.717, 1.165) is 12.8 Å². The van der Waals surface area contributed by atoms with E-state index in [9.17, 15) is 18.0 Å². The SMILES string of the molecule is O=C(Nc1nnc(C2CC2)o1)OCC(F)(F)F. The molecule has 1 saturated carbocycles. The standard InChI is InChI=1S/C8H8F3N3O3/c9-8(10,11)3-16-7(15)12-6-14-13-5(17-6)4-1-2-4/h4H,1-3H2,(H,12,14,15). The molecule has 1 aromatic rings. The highest BCUT2D eigenvalue weighted by Crippen LogP contribution is 2.39. The number of hydrogen-bond donors (Lipinski definition) is 1. The van der Waals surface area contributed by atoms with Crippen molar-refractivity contribution in [2.75, 3.05) is 11.9 Å². The lowest BCUT2D eigenvalue weighted by molar-refractivity contribution is -0.159. The number of aromatic nitrogens is 2. The Balaban J connectivity index is 1.80. The van der Waals surface area contributed by atoms with Crippen LogP contribution in [0.25, 0.3) is 0 Å². The Morgan fingerprint density at radius 1 is 1.47 bits per heavy atom. The van der Waals surface area contributed by atoms with Crippen molar-refractivity contribution in [3.63, 3.8) is 0 Å². The number of nitrogens with zero attached hydrogens (tertiary/aromatic N) is 2. The Labute approximate surface area is 93.1 Å². The van der Waals surface area contributed by atoms with Crippen LogP contribution in [0.2, 0.25) is 0 Å². The molecule has 0 atom stereocenters. The quantitative estimate of drug-likeness (QED) is 0.889. The summed E-state index contributed by atoms with van der Waals surface area (Å²) in [5.41, 5.74) is 0. The normalized spacial score (nSPS) is 15.7. The van der Waals surface area contributed by atoms with Crippen molar-refractivity contribution in [3.8, 4) is 0 Å². The van der Waals surface area contributed by atoms with Crippen molar-refractivity contribution in [2.24, 2.45) is 0 Å². The molecule has 1 N–H and O–H groups in total. The highest BCUT2D eigenvalue weighted by atomic mass is 19.4. The number of anilines is 1. The maximum atomic E-state index is 11.7.